The molecule has 116 valence electrons. The fraction of sp³-hybridized carbons (Fsp3) is 0.600. The van der Waals surface area contributed by atoms with Gasteiger partial charge in [-0.3, -0.25) is 19.9 Å². The Balaban J connectivity index is 2.01. The van der Waals surface area contributed by atoms with Crippen LogP contribution in [0.3, 0.4) is 0 Å². The molecule has 0 bridgehead atoms. The molecule has 0 unspecified atom stereocenters. The van der Waals surface area contributed by atoms with E-state index >= 15 is 0 Å². The first-order chi connectivity index (χ1) is 9.79. The molecule has 0 saturated carbocycles. The fourth-order valence-electron chi connectivity index (χ4n) is 2.65. The first-order valence-corrected chi connectivity index (χ1v) is 7.97. The predicted octanol–water partition coefficient (Wildman–Crippen LogP) is 3.27. The summed E-state index contributed by atoms with van der Waals surface area (Å²) in [6, 6.07) is 5.24. The van der Waals surface area contributed by atoms with E-state index in [1.54, 1.807) is 6.07 Å². The van der Waals surface area contributed by atoms with Crippen LogP contribution in [0.25, 0.3) is 0 Å². The van der Waals surface area contributed by atoms with Crippen molar-refractivity contribution in [2.24, 2.45) is 0 Å². The Hall–Kier alpha value is -0.980. The van der Waals surface area contributed by atoms with Crippen molar-refractivity contribution in [3.63, 3.8) is 0 Å². The molecule has 1 aromatic rings. The van der Waals surface area contributed by atoms with Crippen LogP contribution in [0.1, 0.15) is 26.3 Å². The maximum atomic E-state index is 11.0. The fourth-order valence-corrected chi connectivity index (χ4v) is 3.18. The average Bonchev–Trinajstić information content (AvgIpc) is 2.40. The van der Waals surface area contributed by atoms with Gasteiger partial charge in [-0.05, 0) is 42.3 Å². The molecule has 0 radical (unpaired) electrons. The van der Waals surface area contributed by atoms with E-state index in [-0.39, 0.29) is 16.1 Å². The minimum absolute atomic E-state index is 0.140. The second kappa shape index (κ2) is 6.42. The van der Waals surface area contributed by atoms with Gasteiger partial charge in [0.2, 0.25) is 0 Å². The number of nitrogens with zero attached hydrogens (tertiary/aromatic N) is 3. The molecule has 0 spiro atoms. The van der Waals surface area contributed by atoms with Crippen LogP contribution in [0.2, 0.25) is 0 Å². The molecule has 6 heteroatoms. The average molecular weight is 356 g/mol. The topological polar surface area (TPSA) is 49.6 Å². The predicted molar refractivity (Wildman–Crippen MR) is 87.4 cm³/mol. The first kappa shape index (κ1) is 16.4. The maximum absolute atomic E-state index is 11.0. The third kappa shape index (κ3) is 4.02. The lowest BCUT2D eigenvalue weighted by molar-refractivity contribution is -0.385. The Bertz CT molecular complexity index is 520. The summed E-state index contributed by atoms with van der Waals surface area (Å²) >= 11 is 3.37. The Kier molecular flexibility index (Phi) is 5.01. The quantitative estimate of drug-likeness (QED) is 0.616. The Labute approximate surface area is 134 Å². The molecular weight excluding hydrogens is 334 g/mol. The summed E-state index contributed by atoms with van der Waals surface area (Å²) < 4.78 is 0.605. The van der Waals surface area contributed by atoms with Crippen LogP contribution in [0.5, 0.6) is 0 Å². The van der Waals surface area contributed by atoms with Crippen LogP contribution in [-0.2, 0) is 6.54 Å². The summed E-state index contributed by atoms with van der Waals surface area (Å²) in [5, 5.41) is 11.0. The second-order valence-electron chi connectivity index (χ2n) is 6.44. The lowest BCUT2D eigenvalue weighted by Gasteiger charge is -2.42. The van der Waals surface area contributed by atoms with Crippen LogP contribution in [0.4, 0.5) is 5.69 Å². The molecule has 1 saturated heterocycles. The van der Waals surface area contributed by atoms with Gasteiger partial charge in [-0.15, -0.1) is 0 Å². The van der Waals surface area contributed by atoms with Gasteiger partial charge in [-0.1, -0.05) is 12.1 Å². The second-order valence-corrected chi connectivity index (χ2v) is 7.23. The Morgan fingerprint density at radius 1 is 1.24 bits per heavy atom. The van der Waals surface area contributed by atoms with E-state index < -0.39 is 0 Å². The van der Waals surface area contributed by atoms with E-state index in [4.69, 9.17) is 0 Å². The number of piperazine rings is 1. The van der Waals surface area contributed by atoms with E-state index in [1.807, 2.05) is 6.07 Å². The van der Waals surface area contributed by atoms with Crippen molar-refractivity contribution >= 4 is 21.6 Å². The number of hydrogen-bond donors (Lipinski definition) is 0. The SMILES string of the molecule is CC(C)(C)N1CCN(Cc2cccc([N+](=O)[O-])c2Br)CC1. The van der Waals surface area contributed by atoms with E-state index in [9.17, 15) is 10.1 Å². The zero-order valence-electron chi connectivity index (χ0n) is 12.8. The highest BCUT2D eigenvalue weighted by molar-refractivity contribution is 9.10. The first-order valence-electron chi connectivity index (χ1n) is 7.18. The van der Waals surface area contributed by atoms with Crippen LogP contribution < -0.4 is 0 Å². The van der Waals surface area contributed by atoms with E-state index in [0.717, 1.165) is 38.3 Å². The maximum Gasteiger partial charge on any atom is 0.283 e. The highest BCUT2D eigenvalue weighted by Crippen LogP contribution is 2.29. The van der Waals surface area contributed by atoms with Crippen molar-refractivity contribution < 1.29 is 4.92 Å². The minimum atomic E-state index is -0.342. The van der Waals surface area contributed by atoms with Crippen LogP contribution in [0.15, 0.2) is 22.7 Å². The van der Waals surface area contributed by atoms with Gasteiger partial charge in [0.05, 0.1) is 9.40 Å². The molecule has 21 heavy (non-hydrogen) atoms. The third-order valence-corrected chi connectivity index (χ3v) is 4.89. The Morgan fingerprint density at radius 3 is 2.38 bits per heavy atom. The van der Waals surface area contributed by atoms with E-state index in [0.29, 0.717) is 4.47 Å². The van der Waals surface area contributed by atoms with Gasteiger partial charge in [0.25, 0.3) is 5.69 Å². The summed E-state index contributed by atoms with van der Waals surface area (Å²) in [6.45, 7) is 11.5. The Morgan fingerprint density at radius 2 is 1.86 bits per heavy atom. The third-order valence-electron chi connectivity index (χ3n) is 3.97. The van der Waals surface area contributed by atoms with Crippen LogP contribution in [-0.4, -0.2) is 46.4 Å². The largest absolute Gasteiger partial charge is 0.296 e. The highest BCUT2D eigenvalue weighted by atomic mass is 79.9. The van der Waals surface area contributed by atoms with Gasteiger partial charge in [0.15, 0.2) is 0 Å². The van der Waals surface area contributed by atoms with E-state index in [2.05, 4.69) is 46.5 Å². The smallest absolute Gasteiger partial charge is 0.283 e. The molecule has 0 amide bonds. The number of hydrogen-bond acceptors (Lipinski definition) is 4. The molecule has 0 atom stereocenters. The summed E-state index contributed by atoms with van der Waals surface area (Å²) in [6.07, 6.45) is 0. The zero-order valence-corrected chi connectivity index (χ0v) is 14.4. The van der Waals surface area contributed by atoms with Gasteiger partial charge >= 0.3 is 0 Å². The summed E-state index contributed by atoms with van der Waals surface area (Å²) in [7, 11) is 0. The number of nitro benzene ring substituents is 1. The molecule has 0 aliphatic carbocycles. The van der Waals surface area contributed by atoms with Gasteiger partial charge in [0.1, 0.15) is 0 Å². The molecule has 1 aliphatic heterocycles. The molecule has 5 nitrogen and oxygen atoms in total. The highest BCUT2D eigenvalue weighted by Gasteiger charge is 2.26. The molecular formula is C15H22BrN3O2. The molecule has 0 aromatic heterocycles. The van der Waals surface area contributed by atoms with Crippen LogP contribution >= 0.6 is 15.9 Å². The molecule has 1 heterocycles. The van der Waals surface area contributed by atoms with E-state index in [1.165, 1.54) is 6.07 Å². The summed E-state index contributed by atoms with van der Waals surface area (Å²) in [5.74, 6) is 0. The van der Waals surface area contributed by atoms with Gasteiger partial charge in [-0.2, -0.15) is 0 Å². The van der Waals surface area contributed by atoms with Crippen molar-refractivity contribution in [3.05, 3.63) is 38.3 Å². The summed E-state index contributed by atoms with van der Waals surface area (Å²) in [4.78, 5) is 15.5. The van der Waals surface area contributed by atoms with Crippen molar-refractivity contribution in [2.75, 3.05) is 26.2 Å². The van der Waals surface area contributed by atoms with Gasteiger partial charge < -0.3 is 0 Å². The lowest BCUT2D eigenvalue weighted by atomic mass is 10.0. The summed E-state index contributed by atoms with van der Waals surface area (Å²) in [5.41, 5.74) is 1.33. The molecule has 2 rings (SSSR count). The normalized spacial score (nSPS) is 17.9. The van der Waals surface area contributed by atoms with Crippen LogP contribution in [0, 0.1) is 10.1 Å². The minimum Gasteiger partial charge on any atom is -0.296 e. The lowest BCUT2D eigenvalue weighted by Crippen LogP contribution is -2.53. The van der Waals surface area contributed by atoms with Gasteiger partial charge in [0, 0.05) is 44.3 Å². The number of nitro groups is 1. The molecule has 0 N–H and O–H groups in total. The number of rotatable bonds is 3. The molecule has 1 aliphatic rings. The molecule has 1 aromatic carbocycles. The molecule has 1 fully saturated rings. The van der Waals surface area contributed by atoms with Crippen molar-refractivity contribution in [3.8, 4) is 0 Å². The van der Waals surface area contributed by atoms with Crippen molar-refractivity contribution in [2.45, 2.75) is 32.9 Å². The zero-order chi connectivity index (χ0) is 15.6. The van der Waals surface area contributed by atoms with Crippen molar-refractivity contribution in [1.82, 2.24) is 9.80 Å². The standard InChI is InChI=1S/C15H22BrN3O2/c1-15(2,3)18-9-7-17(8-10-18)11-12-5-4-6-13(14(12)16)19(20)21/h4-6H,7-11H2,1-3H3. The number of benzene rings is 1. The van der Waals surface area contributed by atoms with Crippen molar-refractivity contribution in [1.29, 1.82) is 0 Å². The monoisotopic (exact) mass is 355 g/mol. The number of halogens is 1. The van der Waals surface area contributed by atoms with Gasteiger partial charge in [-0.25, -0.2) is 0 Å².